The Bertz CT molecular complexity index is 354. The first kappa shape index (κ1) is 12.4. The van der Waals surface area contributed by atoms with E-state index in [2.05, 4.69) is 37.2 Å². The molecule has 1 atom stereocenters. The average Bonchev–Trinajstić information content (AvgIpc) is 2.30. The predicted octanol–water partition coefficient (Wildman–Crippen LogP) is 3.45. The summed E-state index contributed by atoms with van der Waals surface area (Å²) in [5.41, 5.74) is 8.16. The van der Waals surface area contributed by atoms with Crippen molar-refractivity contribution >= 4 is 5.69 Å². The summed E-state index contributed by atoms with van der Waals surface area (Å²) >= 11 is 0. The minimum Gasteiger partial charge on any atom is -0.399 e. The van der Waals surface area contributed by atoms with E-state index in [0.29, 0.717) is 6.04 Å². The molecule has 0 heterocycles. The van der Waals surface area contributed by atoms with E-state index in [0.717, 1.165) is 11.6 Å². The summed E-state index contributed by atoms with van der Waals surface area (Å²) in [6.07, 6.45) is 6.90. The molecule has 0 saturated heterocycles. The maximum absolute atomic E-state index is 5.91. The van der Waals surface area contributed by atoms with Gasteiger partial charge < -0.3 is 10.6 Å². The van der Waals surface area contributed by atoms with Crippen molar-refractivity contribution in [2.75, 3.05) is 19.8 Å². The van der Waals surface area contributed by atoms with Crippen LogP contribution in [0.15, 0.2) is 24.3 Å². The molecule has 2 nitrogen and oxygen atoms in total. The second kappa shape index (κ2) is 5.54. The van der Waals surface area contributed by atoms with Crippen LogP contribution in [-0.2, 0) is 0 Å². The van der Waals surface area contributed by atoms with Crippen LogP contribution in [0.2, 0.25) is 0 Å². The number of anilines is 1. The van der Waals surface area contributed by atoms with Gasteiger partial charge in [-0.25, -0.2) is 0 Å². The van der Waals surface area contributed by atoms with E-state index >= 15 is 0 Å². The molecule has 17 heavy (non-hydrogen) atoms. The Hall–Kier alpha value is -1.02. The molecule has 2 N–H and O–H groups in total. The monoisotopic (exact) mass is 232 g/mol. The number of rotatable bonds is 3. The lowest BCUT2D eigenvalue weighted by atomic mass is 9.80. The molecule has 1 aromatic carbocycles. The Morgan fingerprint density at radius 1 is 1.18 bits per heavy atom. The fourth-order valence-electron chi connectivity index (χ4n) is 3.18. The number of hydrogen-bond donors (Lipinski definition) is 1. The van der Waals surface area contributed by atoms with Gasteiger partial charge in [0.2, 0.25) is 0 Å². The molecule has 1 aromatic rings. The summed E-state index contributed by atoms with van der Waals surface area (Å²) in [6.45, 7) is 0. The van der Waals surface area contributed by atoms with Crippen LogP contribution in [0.25, 0.3) is 0 Å². The van der Waals surface area contributed by atoms with E-state index in [1.54, 1.807) is 0 Å². The average molecular weight is 232 g/mol. The lowest BCUT2D eigenvalue weighted by Crippen LogP contribution is -2.29. The van der Waals surface area contributed by atoms with Crippen molar-refractivity contribution < 1.29 is 0 Å². The summed E-state index contributed by atoms with van der Waals surface area (Å²) in [5, 5.41) is 0. The van der Waals surface area contributed by atoms with Crippen LogP contribution in [0.4, 0.5) is 5.69 Å². The molecule has 1 saturated carbocycles. The Morgan fingerprint density at radius 3 is 2.47 bits per heavy atom. The van der Waals surface area contributed by atoms with E-state index in [4.69, 9.17) is 5.73 Å². The first-order valence-corrected chi connectivity index (χ1v) is 6.70. The maximum atomic E-state index is 5.91. The zero-order valence-corrected chi connectivity index (χ0v) is 11.0. The Labute approximate surface area is 105 Å². The van der Waals surface area contributed by atoms with Crippen molar-refractivity contribution in [1.29, 1.82) is 0 Å². The number of hydrogen-bond acceptors (Lipinski definition) is 2. The van der Waals surface area contributed by atoms with Gasteiger partial charge in [0, 0.05) is 11.7 Å². The van der Waals surface area contributed by atoms with Crippen molar-refractivity contribution in [3.8, 4) is 0 Å². The standard InChI is InChI=1S/C15H24N2/c1-17(2)15(12-7-4-3-5-8-12)13-9-6-10-14(16)11-13/h6,9-12,15H,3-5,7-8,16H2,1-2H3. The number of nitrogen functional groups attached to an aromatic ring is 1. The maximum Gasteiger partial charge on any atom is 0.0370 e. The van der Waals surface area contributed by atoms with E-state index in [9.17, 15) is 0 Å². The van der Waals surface area contributed by atoms with Crippen molar-refractivity contribution in [3.05, 3.63) is 29.8 Å². The van der Waals surface area contributed by atoms with Crippen LogP contribution in [0.3, 0.4) is 0 Å². The summed E-state index contributed by atoms with van der Waals surface area (Å²) in [6, 6.07) is 8.93. The highest BCUT2D eigenvalue weighted by atomic mass is 15.1. The molecular formula is C15H24N2. The van der Waals surface area contributed by atoms with Crippen molar-refractivity contribution in [1.82, 2.24) is 4.90 Å². The molecule has 1 fully saturated rings. The van der Waals surface area contributed by atoms with Gasteiger partial charge in [-0.2, -0.15) is 0 Å². The molecule has 0 aliphatic heterocycles. The minimum atomic E-state index is 0.527. The van der Waals surface area contributed by atoms with Gasteiger partial charge in [-0.05, 0) is 50.6 Å². The molecule has 1 aliphatic carbocycles. The van der Waals surface area contributed by atoms with E-state index in [-0.39, 0.29) is 0 Å². The Kier molecular flexibility index (Phi) is 4.06. The summed E-state index contributed by atoms with van der Waals surface area (Å²) in [5.74, 6) is 0.792. The first-order chi connectivity index (χ1) is 8.18. The Morgan fingerprint density at radius 2 is 1.88 bits per heavy atom. The second-order valence-corrected chi connectivity index (χ2v) is 5.48. The van der Waals surface area contributed by atoms with Gasteiger partial charge in [0.05, 0.1) is 0 Å². The smallest absolute Gasteiger partial charge is 0.0370 e. The fraction of sp³-hybridized carbons (Fsp3) is 0.600. The third-order valence-electron chi connectivity index (χ3n) is 3.90. The van der Waals surface area contributed by atoms with Crippen LogP contribution >= 0.6 is 0 Å². The van der Waals surface area contributed by atoms with Gasteiger partial charge in [0.25, 0.3) is 0 Å². The molecule has 2 rings (SSSR count). The van der Waals surface area contributed by atoms with Gasteiger partial charge >= 0.3 is 0 Å². The molecular weight excluding hydrogens is 208 g/mol. The van der Waals surface area contributed by atoms with E-state index in [1.807, 2.05) is 6.07 Å². The lowest BCUT2D eigenvalue weighted by molar-refractivity contribution is 0.171. The molecule has 0 radical (unpaired) electrons. The van der Waals surface area contributed by atoms with E-state index in [1.165, 1.54) is 37.7 Å². The topological polar surface area (TPSA) is 29.3 Å². The predicted molar refractivity (Wildman–Crippen MR) is 73.9 cm³/mol. The van der Waals surface area contributed by atoms with Gasteiger partial charge in [-0.1, -0.05) is 31.4 Å². The van der Waals surface area contributed by atoms with Gasteiger partial charge in [-0.3, -0.25) is 0 Å². The second-order valence-electron chi connectivity index (χ2n) is 5.48. The molecule has 94 valence electrons. The molecule has 1 unspecified atom stereocenters. The quantitative estimate of drug-likeness (QED) is 0.809. The number of nitrogens with two attached hydrogens (primary N) is 1. The van der Waals surface area contributed by atoms with Crippen LogP contribution in [-0.4, -0.2) is 19.0 Å². The molecule has 0 aromatic heterocycles. The van der Waals surface area contributed by atoms with Crippen molar-refractivity contribution in [3.63, 3.8) is 0 Å². The molecule has 0 amide bonds. The third kappa shape index (κ3) is 3.01. The summed E-state index contributed by atoms with van der Waals surface area (Å²) in [4.78, 5) is 2.35. The highest BCUT2D eigenvalue weighted by Gasteiger charge is 2.26. The summed E-state index contributed by atoms with van der Waals surface area (Å²) < 4.78 is 0. The zero-order valence-electron chi connectivity index (χ0n) is 11.0. The number of benzene rings is 1. The molecule has 0 bridgehead atoms. The van der Waals surface area contributed by atoms with Crippen LogP contribution in [0, 0.1) is 5.92 Å². The van der Waals surface area contributed by atoms with E-state index < -0.39 is 0 Å². The van der Waals surface area contributed by atoms with Gasteiger partial charge in [0.1, 0.15) is 0 Å². The highest BCUT2D eigenvalue weighted by molar-refractivity contribution is 5.41. The first-order valence-electron chi connectivity index (χ1n) is 6.70. The lowest BCUT2D eigenvalue weighted by Gasteiger charge is -2.35. The SMILES string of the molecule is CN(C)C(c1cccc(N)c1)C1CCCCC1. The van der Waals surface area contributed by atoms with Crippen LogP contribution in [0.1, 0.15) is 43.7 Å². The third-order valence-corrected chi connectivity index (χ3v) is 3.90. The van der Waals surface area contributed by atoms with Crippen molar-refractivity contribution in [2.24, 2.45) is 5.92 Å². The molecule has 0 spiro atoms. The van der Waals surface area contributed by atoms with Crippen molar-refractivity contribution in [2.45, 2.75) is 38.1 Å². The van der Waals surface area contributed by atoms with Crippen LogP contribution < -0.4 is 5.73 Å². The minimum absolute atomic E-state index is 0.527. The van der Waals surface area contributed by atoms with Gasteiger partial charge in [0.15, 0.2) is 0 Å². The zero-order chi connectivity index (χ0) is 12.3. The highest BCUT2D eigenvalue weighted by Crippen LogP contribution is 2.37. The fourth-order valence-corrected chi connectivity index (χ4v) is 3.18. The van der Waals surface area contributed by atoms with Crippen LogP contribution in [0.5, 0.6) is 0 Å². The normalized spacial score (nSPS) is 19.5. The largest absolute Gasteiger partial charge is 0.399 e. The number of nitrogens with zero attached hydrogens (tertiary/aromatic N) is 1. The Balaban J connectivity index is 2.21. The molecule has 2 heteroatoms. The van der Waals surface area contributed by atoms with Gasteiger partial charge in [-0.15, -0.1) is 0 Å². The summed E-state index contributed by atoms with van der Waals surface area (Å²) in [7, 11) is 4.37. The molecule has 1 aliphatic rings.